The number of carboxylic acid groups (broad SMARTS) is 2. The number of ether oxygens (including phenoxy) is 2. The molecular formula is C25H17F3O8. The van der Waals surface area contributed by atoms with Gasteiger partial charge in [0.1, 0.15) is 28.6 Å². The van der Waals surface area contributed by atoms with Crippen LogP contribution in [0.25, 0.3) is 0 Å². The van der Waals surface area contributed by atoms with E-state index in [1.807, 2.05) is 0 Å². The van der Waals surface area contributed by atoms with Gasteiger partial charge in [-0.1, -0.05) is 0 Å². The molecule has 0 fully saturated rings. The topological polar surface area (TPSA) is 127 Å². The summed E-state index contributed by atoms with van der Waals surface area (Å²) in [5.41, 5.74) is -2.29. The second-order valence-corrected chi connectivity index (χ2v) is 7.50. The van der Waals surface area contributed by atoms with E-state index in [0.717, 1.165) is 43.3 Å². The van der Waals surface area contributed by atoms with Crippen molar-refractivity contribution in [1.82, 2.24) is 0 Å². The minimum Gasteiger partial charge on any atom is -0.478 e. The van der Waals surface area contributed by atoms with Gasteiger partial charge in [0.25, 0.3) is 0 Å². The predicted octanol–water partition coefficient (Wildman–Crippen LogP) is 6.09. The van der Waals surface area contributed by atoms with Crippen LogP contribution in [-0.2, 0) is 6.18 Å². The molecule has 8 nitrogen and oxygen atoms in total. The fraction of sp³-hybridized carbons (Fsp3) is 0.120. The zero-order chi connectivity index (χ0) is 26.8. The van der Waals surface area contributed by atoms with E-state index in [0.29, 0.717) is 6.07 Å². The molecule has 0 amide bonds. The number of hydrogen-bond acceptors (Lipinski definition) is 6. The molecule has 0 spiro atoms. The third kappa shape index (κ3) is 5.69. The summed E-state index contributed by atoms with van der Waals surface area (Å²) < 4.78 is 52.0. The summed E-state index contributed by atoms with van der Waals surface area (Å²) in [5, 5.41) is 18.6. The van der Waals surface area contributed by atoms with Crippen LogP contribution >= 0.6 is 0 Å². The van der Waals surface area contributed by atoms with Gasteiger partial charge >= 0.3 is 18.1 Å². The summed E-state index contributed by atoms with van der Waals surface area (Å²) >= 11 is 0. The van der Waals surface area contributed by atoms with Gasteiger partial charge in [0, 0.05) is 11.1 Å². The molecule has 11 heteroatoms. The van der Waals surface area contributed by atoms with Crippen LogP contribution in [0.3, 0.4) is 0 Å². The third-order valence-corrected chi connectivity index (χ3v) is 4.92. The number of carboxylic acids is 2. The highest BCUT2D eigenvalue weighted by molar-refractivity contribution is 6.05. The first-order valence-corrected chi connectivity index (χ1v) is 10.1. The molecular weight excluding hydrogens is 485 g/mol. The minimum absolute atomic E-state index is 0.0916. The van der Waals surface area contributed by atoms with Crippen molar-refractivity contribution in [3.63, 3.8) is 0 Å². The Labute approximate surface area is 201 Å². The molecule has 0 heterocycles. The molecule has 0 aliphatic rings. The first kappa shape index (κ1) is 25.9. The second-order valence-electron chi connectivity index (χ2n) is 7.50. The average Bonchev–Trinajstić information content (AvgIpc) is 2.78. The lowest BCUT2D eigenvalue weighted by Gasteiger charge is -2.16. The number of hydrogen-bond donors (Lipinski definition) is 2. The van der Waals surface area contributed by atoms with E-state index in [4.69, 9.17) is 9.47 Å². The highest BCUT2D eigenvalue weighted by Gasteiger charge is 2.35. The summed E-state index contributed by atoms with van der Waals surface area (Å²) in [6.07, 6.45) is -4.91. The van der Waals surface area contributed by atoms with E-state index in [9.17, 15) is 42.6 Å². The lowest BCUT2D eigenvalue weighted by molar-refractivity contribution is -0.138. The van der Waals surface area contributed by atoms with Crippen LogP contribution in [0.15, 0.2) is 54.6 Å². The number of Topliss-reactive ketones (excluding diaryl/α,β-unsaturated/α-hetero) is 2. The van der Waals surface area contributed by atoms with Crippen LogP contribution in [0.4, 0.5) is 13.2 Å². The molecule has 0 saturated heterocycles. The van der Waals surface area contributed by atoms with E-state index < -0.39 is 46.6 Å². The van der Waals surface area contributed by atoms with E-state index in [1.54, 1.807) is 0 Å². The van der Waals surface area contributed by atoms with Gasteiger partial charge in [-0.15, -0.1) is 0 Å². The first-order valence-electron chi connectivity index (χ1n) is 10.1. The molecule has 186 valence electrons. The van der Waals surface area contributed by atoms with E-state index >= 15 is 0 Å². The lowest BCUT2D eigenvalue weighted by atomic mass is 10.0. The SMILES string of the molecule is CC(=O)c1ccc(Oc2ccc(Oc3ccc(C(C)=O)c(C(=O)O)c3)c(C(F)(F)F)c2)cc1C(=O)O. The van der Waals surface area contributed by atoms with Crippen molar-refractivity contribution < 1.29 is 52.0 Å². The number of aromatic carboxylic acids is 2. The second kappa shape index (κ2) is 9.90. The van der Waals surface area contributed by atoms with Gasteiger partial charge in [-0.25, -0.2) is 9.59 Å². The van der Waals surface area contributed by atoms with Crippen LogP contribution < -0.4 is 9.47 Å². The van der Waals surface area contributed by atoms with Gasteiger partial charge in [-0.2, -0.15) is 13.2 Å². The van der Waals surface area contributed by atoms with Crippen molar-refractivity contribution in [2.75, 3.05) is 0 Å². The number of carbonyl (C=O) groups excluding carboxylic acids is 2. The number of carbonyl (C=O) groups is 4. The monoisotopic (exact) mass is 502 g/mol. The van der Waals surface area contributed by atoms with Crippen molar-refractivity contribution >= 4 is 23.5 Å². The van der Waals surface area contributed by atoms with Gasteiger partial charge in [-0.05, 0) is 68.4 Å². The predicted molar refractivity (Wildman–Crippen MR) is 118 cm³/mol. The van der Waals surface area contributed by atoms with E-state index in [2.05, 4.69) is 0 Å². The van der Waals surface area contributed by atoms with E-state index in [1.165, 1.54) is 19.1 Å². The highest BCUT2D eigenvalue weighted by atomic mass is 19.4. The molecule has 0 radical (unpaired) electrons. The van der Waals surface area contributed by atoms with Crippen LogP contribution in [0, 0.1) is 0 Å². The highest BCUT2D eigenvalue weighted by Crippen LogP contribution is 2.41. The van der Waals surface area contributed by atoms with E-state index in [-0.39, 0.29) is 33.9 Å². The summed E-state index contributed by atoms with van der Waals surface area (Å²) in [4.78, 5) is 46.1. The lowest BCUT2D eigenvalue weighted by Crippen LogP contribution is -2.09. The Morgan fingerprint density at radius 3 is 1.47 bits per heavy atom. The maximum Gasteiger partial charge on any atom is 0.420 e. The zero-order valence-electron chi connectivity index (χ0n) is 18.7. The normalized spacial score (nSPS) is 11.0. The number of alkyl halides is 3. The fourth-order valence-corrected chi connectivity index (χ4v) is 3.29. The number of halogens is 3. The fourth-order valence-electron chi connectivity index (χ4n) is 3.29. The molecule has 3 aromatic rings. The van der Waals surface area contributed by atoms with Crippen LogP contribution in [-0.4, -0.2) is 33.7 Å². The Balaban J connectivity index is 1.98. The Hall–Kier alpha value is -4.67. The minimum atomic E-state index is -4.91. The molecule has 0 aromatic heterocycles. The Morgan fingerprint density at radius 1 is 0.639 bits per heavy atom. The van der Waals surface area contributed by atoms with Crippen molar-refractivity contribution in [2.24, 2.45) is 0 Å². The van der Waals surface area contributed by atoms with Crippen LogP contribution in [0.1, 0.15) is 60.8 Å². The molecule has 2 N–H and O–H groups in total. The number of benzene rings is 3. The molecule has 0 unspecified atom stereocenters. The van der Waals surface area contributed by atoms with Gasteiger partial charge < -0.3 is 19.7 Å². The molecule has 3 aromatic carbocycles. The molecule has 0 atom stereocenters. The van der Waals surface area contributed by atoms with Crippen molar-refractivity contribution in [3.05, 3.63) is 82.4 Å². The Morgan fingerprint density at radius 2 is 1.06 bits per heavy atom. The molecule has 36 heavy (non-hydrogen) atoms. The smallest absolute Gasteiger partial charge is 0.420 e. The first-order chi connectivity index (χ1) is 16.8. The maximum atomic E-state index is 13.8. The third-order valence-electron chi connectivity index (χ3n) is 4.92. The number of rotatable bonds is 8. The zero-order valence-corrected chi connectivity index (χ0v) is 18.7. The van der Waals surface area contributed by atoms with Crippen LogP contribution in [0.5, 0.6) is 23.0 Å². The summed E-state index contributed by atoms with van der Waals surface area (Å²) in [6, 6.07) is 9.38. The average molecular weight is 502 g/mol. The van der Waals surface area contributed by atoms with Crippen molar-refractivity contribution in [2.45, 2.75) is 20.0 Å². The molecule has 0 aliphatic heterocycles. The molecule has 3 rings (SSSR count). The molecule has 0 bridgehead atoms. The molecule has 0 saturated carbocycles. The number of ketones is 2. The Kier molecular flexibility index (Phi) is 7.14. The van der Waals surface area contributed by atoms with Crippen molar-refractivity contribution in [3.8, 4) is 23.0 Å². The maximum absolute atomic E-state index is 13.8. The summed E-state index contributed by atoms with van der Waals surface area (Å²) in [5.74, 6) is -5.27. The van der Waals surface area contributed by atoms with Crippen molar-refractivity contribution in [1.29, 1.82) is 0 Å². The summed E-state index contributed by atoms with van der Waals surface area (Å²) in [6.45, 7) is 2.32. The van der Waals surface area contributed by atoms with Gasteiger partial charge in [0.05, 0.1) is 11.1 Å². The molecule has 0 aliphatic carbocycles. The standard InChI is InChI=1S/C25H17F3O8/c1-12(29)17-6-3-14(9-19(17)23(31)32)35-16-5-8-22(21(11-16)25(26,27)28)36-15-4-7-18(13(2)30)20(10-15)24(33)34/h3-11H,1-2H3,(H,31,32)(H,33,34). The quantitative estimate of drug-likeness (QED) is 0.354. The Bertz CT molecular complexity index is 1390. The van der Waals surface area contributed by atoms with Gasteiger partial charge in [-0.3, -0.25) is 9.59 Å². The van der Waals surface area contributed by atoms with Gasteiger partial charge in [0.2, 0.25) is 0 Å². The van der Waals surface area contributed by atoms with Crippen LogP contribution in [0.2, 0.25) is 0 Å². The van der Waals surface area contributed by atoms with Gasteiger partial charge in [0.15, 0.2) is 11.6 Å². The largest absolute Gasteiger partial charge is 0.478 e. The summed E-state index contributed by atoms with van der Waals surface area (Å²) in [7, 11) is 0.